The summed E-state index contributed by atoms with van der Waals surface area (Å²) >= 11 is 0. The number of hydrogen-bond donors (Lipinski definition) is 1. The molecule has 3 heterocycles. The van der Waals surface area contributed by atoms with E-state index in [9.17, 15) is 0 Å². The van der Waals surface area contributed by atoms with Crippen molar-refractivity contribution in [2.45, 2.75) is 6.54 Å². The second-order valence-corrected chi connectivity index (χ2v) is 3.95. The molecule has 3 aromatic heterocycles. The van der Waals surface area contributed by atoms with Crippen LogP contribution >= 0.6 is 0 Å². The van der Waals surface area contributed by atoms with E-state index in [4.69, 9.17) is 4.42 Å². The van der Waals surface area contributed by atoms with Gasteiger partial charge >= 0.3 is 6.01 Å². The third-order valence-corrected chi connectivity index (χ3v) is 2.70. The van der Waals surface area contributed by atoms with Gasteiger partial charge in [-0.2, -0.15) is 5.10 Å². The van der Waals surface area contributed by atoms with Crippen molar-refractivity contribution in [3.05, 3.63) is 42.5 Å². The highest BCUT2D eigenvalue weighted by molar-refractivity contribution is 5.51. The van der Waals surface area contributed by atoms with Crippen molar-refractivity contribution in [1.29, 1.82) is 0 Å². The van der Waals surface area contributed by atoms with Crippen LogP contribution < -0.4 is 5.32 Å². The molecule has 0 aliphatic rings. The van der Waals surface area contributed by atoms with Crippen LogP contribution in [0.5, 0.6) is 0 Å². The summed E-state index contributed by atoms with van der Waals surface area (Å²) in [5.41, 5.74) is 1.87. The molecule has 0 amide bonds. The molecule has 1 N–H and O–H groups in total. The summed E-state index contributed by atoms with van der Waals surface area (Å²) < 4.78 is 7.30. The maximum absolute atomic E-state index is 5.52. The molecular weight excluding hydrogens is 244 g/mol. The highest BCUT2D eigenvalue weighted by atomic mass is 16.4. The van der Waals surface area contributed by atoms with Crippen LogP contribution in [0.25, 0.3) is 11.5 Å². The summed E-state index contributed by atoms with van der Waals surface area (Å²) in [6.07, 6.45) is 5.11. The van der Waals surface area contributed by atoms with E-state index in [1.165, 1.54) is 0 Å². The van der Waals surface area contributed by atoms with Crippen LogP contribution in [0.2, 0.25) is 0 Å². The van der Waals surface area contributed by atoms with Gasteiger partial charge in [0.2, 0.25) is 5.89 Å². The zero-order valence-corrected chi connectivity index (χ0v) is 10.3. The van der Waals surface area contributed by atoms with E-state index >= 15 is 0 Å². The van der Waals surface area contributed by atoms with Crippen LogP contribution in [0.4, 0.5) is 6.01 Å². The molecule has 0 aromatic carbocycles. The molecule has 0 radical (unpaired) electrons. The summed E-state index contributed by atoms with van der Waals surface area (Å²) in [4.78, 5) is 3.94. The summed E-state index contributed by atoms with van der Waals surface area (Å²) in [5.74, 6) is 0.468. The van der Waals surface area contributed by atoms with Crippen LogP contribution in [-0.2, 0) is 13.6 Å². The lowest BCUT2D eigenvalue weighted by Crippen LogP contribution is -2.05. The van der Waals surface area contributed by atoms with Gasteiger partial charge in [-0.25, -0.2) is 0 Å². The van der Waals surface area contributed by atoms with Crippen molar-refractivity contribution in [3.63, 3.8) is 0 Å². The largest absolute Gasteiger partial charge is 0.403 e. The maximum Gasteiger partial charge on any atom is 0.316 e. The Morgan fingerprint density at radius 2 is 2.00 bits per heavy atom. The number of anilines is 1. The van der Waals surface area contributed by atoms with Crippen LogP contribution in [0.3, 0.4) is 0 Å². The Balaban J connectivity index is 1.70. The molecule has 0 unspecified atom stereocenters. The molecule has 0 bridgehead atoms. The Morgan fingerprint density at radius 1 is 1.16 bits per heavy atom. The van der Waals surface area contributed by atoms with E-state index in [-0.39, 0.29) is 0 Å². The van der Waals surface area contributed by atoms with Crippen molar-refractivity contribution in [3.8, 4) is 11.5 Å². The van der Waals surface area contributed by atoms with Crippen LogP contribution in [-0.4, -0.2) is 25.0 Å². The van der Waals surface area contributed by atoms with Crippen LogP contribution in [0, 0.1) is 0 Å². The zero-order valence-electron chi connectivity index (χ0n) is 10.3. The standard InChI is InChI=1S/C12H12N6O/c1-18-10(4-7-15-18)8-14-12-17-16-11(19-12)9-2-5-13-6-3-9/h2-7H,8H2,1H3,(H,14,17). The highest BCUT2D eigenvalue weighted by Gasteiger charge is 2.08. The van der Waals surface area contributed by atoms with Gasteiger partial charge in [-0.15, -0.1) is 5.10 Å². The number of nitrogens with one attached hydrogen (secondary N) is 1. The summed E-state index contributed by atoms with van der Waals surface area (Å²) in [7, 11) is 1.88. The molecule has 0 fully saturated rings. The smallest absolute Gasteiger partial charge is 0.316 e. The second kappa shape index (κ2) is 4.89. The molecule has 3 rings (SSSR count). The first-order valence-electron chi connectivity index (χ1n) is 5.77. The maximum atomic E-state index is 5.52. The molecular formula is C12H12N6O. The van der Waals surface area contributed by atoms with Crippen LogP contribution in [0.15, 0.2) is 41.2 Å². The molecule has 0 atom stereocenters. The third kappa shape index (κ3) is 2.44. The fourth-order valence-electron chi connectivity index (χ4n) is 1.65. The van der Waals surface area contributed by atoms with Gasteiger partial charge in [-0.3, -0.25) is 9.67 Å². The van der Waals surface area contributed by atoms with Crippen molar-refractivity contribution in [2.24, 2.45) is 7.05 Å². The first kappa shape index (κ1) is 11.4. The Kier molecular flexibility index (Phi) is 2.93. The van der Waals surface area contributed by atoms with Gasteiger partial charge in [-0.05, 0) is 18.2 Å². The number of hydrogen-bond acceptors (Lipinski definition) is 6. The fourth-order valence-corrected chi connectivity index (χ4v) is 1.65. The van der Waals surface area contributed by atoms with Gasteiger partial charge in [0, 0.05) is 31.2 Å². The predicted octanol–water partition coefficient (Wildman–Crippen LogP) is 1.48. The van der Waals surface area contributed by atoms with Crippen molar-refractivity contribution in [2.75, 3.05) is 5.32 Å². The third-order valence-electron chi connectivity index (χ3n) is 2.70. The van der Waals surface area contributed by atoms with E-state index in [0.29, 0.717) is 18.5 Å². The second-order valence-electron chi connectivity index (χ2n) is 3.95. The molecule has 19 heavy (non-hydrogen) atoms. The Morgan fingerprint density at radius 3 is 2.74 bits per heavy atom. The van der Waals surface area contributed by atoms with Gasteiger partial charge in [-0.1, -0.05) is 5.10 Å². The van der Waals surface area contributed by atoms with Crippen molar-refractivity contribution >= 4 is 6.01 Å². The lowest BCUT2D eigenvalue weighted by molar-refractivity contribution is 0.578. The molecule has 0 aliphatic heterocycles. The first-order chi connectivity index (χ1) is 9.33. The van der Waals surface area contributed by atoms with E-state index in [0.717, 1.165) is 11.3 Å². The first-order valence-corrected chi connectivity index (χ1v) is 5.77. The molecule has 0 aliphatic carbocycles. The molecule has 7 nitrogen and oxygen atoms in total. The monoisotopic (exact) mass is 256 g/mol. The van der Waals surface area contributed by atoms with Crippen molar-refractivity contribution < 1.29 is 4.42 Å². The fraction of sp³-hybridized carbons (Fsp3) is 0.167. The molecule has 0 spiro atoms. The van der Waals surface area contributed by atoms with Gasteiger partial charge in [0.05, 0.1) is 12.2 Å². The number of nitrogens with zero attached hydrogens (tertiary/aromatic N) is 5. The van der Waals surface area contributed by atoms with Gasteiger partial charge in [0.1, 0.15) is 0 Å². The van der Waals surface area contributed by atoms with Crippen molar-refractivity contribution in [1.82, 2.24) is 25.0 Å². The summed E-state index contributed by atoms with van der Waals surface area (Å²) in [6, 6.07) is 5.94. The van der Waals surface area contributed by atoms with Crippen LogP contribution in [0.1, 0.15) is 5.69 Å². The Labute approximate surface area is 109 Å². The minimum atomic E-state index is 0.382. The highest BCUT2D eigenvalue weighted by Crippen LogP contribution is 2.18. The summed E-state index contributed by atoms with van der Waals surface area (Å²) in [6.45, 7) is 0.578. The zero-order chi connectivity index (χ0) is 13.1. The molecule has 0 saturated heterocycles. The topological polar surface area (TPSA) is 81.7 Å². The van der Waals surface area contributed by atoms with Gasteiger partial charge < -0.3 is 9.73 Å². The van der Waals surface area contributed by atoms with Gasteiger partial charge in [0.25, 0.3) is 0 Å². The normalized spacial score (nSPS) is 10.6. The minimum absolute atomic E-state index is 0.382. The lowest BCUT2D eigenvalue weighted by Gasteiger charge is -2.01. The molecule has 96 valence electrons. The molecule has 7 heteroatoms. The predicted molar refractivity (Wildman–Crippen MR) is 68.1 cm³/mol. The Bertz CT molecular complexity index is 660. The SMILES string of the molecule is Cn1nccc1CNc1nnc(-c2ccncc2)o1. The van der Waals surface area contributed by atoms with E-state index in [1.54, 1.807) is 23.3 Å². The van der Waals surface area contributed by atoms with E-state index < -0.39 is 0 Å². The number of aryl methyl sites for hydroxylation is 1. The number of rotatable bonds is 4. The number of pyridine rings is 1. The molecule has 0 saturated carbocycles. The average molecular weight is 256 g/mol. The quantitative estimate of drug-likeness (QED) is 0.761. The van der Waals surface area contributed by atoms with E-state index in [1.807, 2.05) is 25.2 Å². The number of aromatic nitrogens is 5. The lowest BCUT2D eigenvalue weighted by atomic mass is 10.3. The van der Waals surface area contributed by atoms with E-state index in [2.05, 4.69) is 25.6 Å². The Hall–Kier alpha value is -2.70. The van der Waals surface area contributed by atoms with Gasteiger partial charge in [0.15, 0.2) is 0 Å². The minimum Gasteiger partial charge on any atom is -0.403 e. The summed E-state index contributed by atoms with van der Waals surface area (Å²) in [5, 5.41) is 15.1. The molecule has 3 aromatic rings. The average Bonchev–Trinajstić information content (AvgIpc) is 3.06.